The van der Waals surface area contributed by atoms with Crippen LogP contribution in [0.2, 0.25) is 12.1 Å². The van der Waals surface area contributed by atoms with Crippen LogP contribution in [-0.2, 0) is 0 Å². The van der Waals surface area contributed by atoms with Gasteiger partial charge >= 0.3 is 0 Å². The standard InChI is InChI=1S/C5H12Si.C3H4N2/c1-2-4-6-5-3-1;1-2-5-3-4-1/h1-6H2;1-3H,(H,4,5). The van der Waals surface area contributed by atoms with Crippen LogP contribution in [-0.4, -0.2) is 19.5 Å². The van der Waals surface area contributed by atoms with E-state index in [9.17, 15) is 0 Å². The third-order valence-electron chi connectivity index (χ3n) is 1.91. The van der Waals surface area contributed by atoms with Crippen LogP contribution in [0, 0.1) is 0 Å². The van der Waals surface area contributed by atoms with Crippen LogP contribution in [0.4, 0.5) is 0 Å². The Bertz CT molecular complexity index is 118. The van der Waals surface area contributed by atoms with Gasteiger partial charge in [-0.3, -0.25) is 0 Å². The Morgan fingerprint density at radius 1 is 1.18 bits per heavy atom. The number of rotatable bonds is 0. The minimum absolute atomic E-state index is 0.508. The fraction of sp³-hybridized carbons (Fsp3) is 0.625. The van der Waals surface area contributed by atoms with Crippen LogP contribution in [0.3, 0.4) is 0 Å². The summed E-state index contributed by atoms with van der Waals surface area (Å²) in [6.45, 7) is 0. The molecule has 1 aliphatic heterocycles. The summed E-state index contributed by atoms with van der Waals surface area (Å²) in [6, 6.07) is 3.28. The third kappa shape index (κ3) is 4.78. The van der Waals surface area contributed by atoms with Gasteiger partial charge < -0.3 is 4.98 Å². The van der Waals surface area contributed by atoms with Crippen molar-refractivity contribution < 1.29 is 0 Å². The molecule has 0 unspecified atom stereocenters. The van der Waals surface area contributed by atoms with E-state index in [0.717, 1.165) is 0 Å². The van der Waals surface area contributed by atoms with Gasteiger partial charge in [-0.2, -0.15) is 0 Å². The smallest absolute Gasteiger partial charge is 0.0919 e. The monoisotopic (exact) mass is 168 g/mol. The average Bonchev–Trinajstić information content (AvgIpc) is 2.64. The summed E-state index contributed by atoms with van der Waals surface area (Å²) >= 11 is 0. The van der Waals surface area contributed by atoms with Crippen molar-refractivity contribution >= 4 is 9.52 Å². The second-order valence-electron chi connectivity index (χ2n) is 2.88. The van der Waals surface area contributed by atoms with Crippen molar-refractivity contribution in [1.82, 2.24) is 9.97 Å². The molecule has 0 bridgehead atoms. The largest absolute Gasteiger partial charge is 0.351 e. The van der Waals surface area contributed by atoms with Gasteiger partial charge in [0.05, 0.1) is 6.33 Å². The van der Waals surface area contributed by atoms with Gasteiger partial charge in [-0.15, -0.1) is 0 Å². The van der Waals surface area contributed by atoms with Crippen LogP contribution < -0.4 is 0 Å². The van der Waals surface area contributed by atoms with Crippen LogP contribution in [0.5, 0.6) is 0 Å². The molecule has 0 aromatic carbocycles. The number of hydrogen-bond donors (Lipinski definition) is 1. The molecule has 0 amide bonds. The molecule has 1 aliphatic rings. The molecule has 0 aliphatic carbocycles. The molecule has 0 atom stereocenters. The highest BCUT2D eigenvalue weighted by Gasteiger charge is 1.96. The van der Waals surface area contributed by atoms with Gasteiger partial charge in [0.1, 0.15) is 0 Å². The van der Waals surface area contributed by atoms with Gasteiger partial charge in [-0.1, -0.05) is 31.4 Å². The van der Waals surface area contributed by atoms with Crippen molar-refractivity contribution in [2.45, 2.75) is 31.4 Å². The van der Waals surface area contributed by atoms with E-state index in [-0.39, 0.29) is 0 Å². The van der Waals surface area contributed by atoms with E-state index in [2.05, 4.69) is 9.97 Å². The van der Waals surface area contributed by atoms with Crippen molar-refractivity contribution in [1.29, 1.82) is 0 Å². The van der Waals surface area contributed by atoms with Gasteiger partial charge in [0.15, 0.2) is 0 Å². The Hall–Kier alpha value is -0.573. The predicted octanol–water partition coefficient (Wildman–Crippen LogP) is 1.59. The second kappa shape index (κ2) is 6.16. The first-order valence-electron chi connectivity index (χ1n) is 4.43. The van der Waals surface area contributed by atoms with E-state index in [4.69, 9.17) is 0 Å². The Kier molecular flexibility index (Phi) is 4.77. The van der Waals surface area contributed by atoms with E-state index in [0.29, 0.717) is 9.52 Å². The SMILES string of the molecule is C1CC[SiH2]CC1.c1c[nH]cn1. The summed E-state index contributed by atoms with van der Waals surface area (Å²) in [6.07, 6.45) is 9.74. The molecule has 62 valence electrons. The van der Waals surface area contributed by atoms with Crippen LogP contribution >= 0.6 is 0 Å². The summed E-state index contributed by atoms with van der Waals surface area (Å²) in [4.78, 5) is 6.42. The number of nitrogens with zero attached hydrogens (tertiary/aromatic N) is 1. The topological polar surface area (TPSA) is 28.7 Å². The Balaban J connectivity index is 0.000000112. The molecule has 0 radical (unpaired) electrons. The molecule has 0 saturated carbocycles. The molecule has 2 heterocycles. The lowest BCUT2D eigenvalue weighted by Gasteiger charge is -2.04. The van der Waals surface area contributed by atoms with Gasteiger partial charge in [0, 0.05) is 21.9 Å². The zero-order valence-corrected chi connectivity index (χ0v) is 8.34. The van der Waals surface area contributed by atoms with E-state index in [1.54, 1.807) is 43.7 Å². The highest BCUT2D eigenvalue weighted by atomic mass is 28.2. The number of H-pyrrole nitrogens is 1. The number of imidazole rings is 1. The predicted molar refractivity (Wildman–Crippen MR) is 50.6 cm³/mol. The number of hydrogen-bond acceptors (Lipinski definition) is 1. The lowest BCUT2D eigenvalue weighted by atomic mass is 10.3. The molecule has 0 spiro atoms. The average molecular weight is 168 g/mol. The number of aromatic amines is 1. The van der Waals surface area contributed by atoms with Gasteiger partial charge in [0.25, 0.3) is 0 Å². The lowest BCUT2D eigenvalue weighted by molar-refractivity contribution is 0.734. The fourth-order valence-electron chi connectivity index (χ4n) is 1.28. The maximum Gasteiger partial charge on any atom is 0.0919 e. The zero-order valence-electron chi connectivity index (χ0n) is 6.92. The molecule has 1 saturated heterocycles. The van der Waals surface area contributed by atoms with E-state index >= 15 is 0 Å². The summed E-state index contributed by atoms with van der Waals surface area (Å²) in [5, 5.41) is 0. The van der Waals surface area contributed by atoms with Crippen molar-refractivity contribution in [2.24, 2.45) is 0 Å². The van der Waals surface area contributed by atoms with Crippen LogP contribution in [0.25, 0.3) is 0 Å². The molecule has 1 aromatic rings. The molecule has 1 aromatic heterocycles. The second-order valence-corrected chi connectivity index (χ2v) is 5.00. The number of nitrogens with one attached hydrogen (secondary N) is 1. The molecule has 2 rings (SSSR count). The van der Waals surface area contributed by atoms with Gasteiger partial charge in [-0.05, 0) is 0 Å². The summed E-state index contributed by atoms with van der Waals surface area (Å²) in [5.74, 6) is 0. The zero-order chi connectivity index (χ0) is 7.78. The molecular weight excluding hydrogens is 152 g/mol. The van der Waals surface area contributed by atoms with Crippen LogP contribution in [0.15, 0.2) is 18.7 Å². The summed E-state index contributed by atoms with van der Waals surface area (Å²) in [7, 11) is 0.508. The quantitative estimate of drug-likeness (QED) is 0.585. The first kappa shape index (κ1) is 8.52. The highest BCUT2D eigenvalue weighted by Crippen LogP contribution is 2.10. The van der Waals surface area contributed by atoms with Gasteiger partial charge in [-0.25, -0.2) is 4.98 Å². The molecule has 1 fully saturated rings. The minimum atomic E-state index is 0.508. The molecule has 2 nitrogen and oxygen atoms in total. The Labute approximate surface area is 70.3 Å². The van der Waals surface area contributed by atoms with Crippen molar-refractivity contribution in [3.05, 3.63) is 18.7 Å². The maximum absolute atomic E-state index is 3.67. The maximum atomic E-state index is 3.67. The molecular formula is C8H16N2Si. The molecule has 11 heavy (non-hydrogen) atoms. The number of aromatic nitrogens is 2. The fourth-order valence-corrected chi connectivity index (χ4v) is 3.04. The Morgan fingerprint density at radius 3 is 2.18 bits per heavy atom. The summed E-state index contributed by atoms with van der Waals surface area (Å²) < 4.78 is 0. The van der Waals surface area contributed by atoms with E-state index < -0.39 is 0 Å². The minimum Gasteiger partial charge on any atom is -0.351 e. The van der Waals surface area contributed by atoms with Crippen molar-refractivity contribution in [3.63, 3.8) is 0 Å². The van der Waals surface area contributed by atoms with Crippen molar-refractivity contribution in [3.8, 4) is 0 Å². The first-order valence-corrected chi connectivity index (χ1v) is 6.43. The third-order valence-corrected chi connectivity index (χ3v) is 3.91. The first-order chi connectivity index (χ1) is 5.50. The Morgan fingerprint density at radius 2 is 2.00 bits per heavy atom. The van der Waals surface area contributed by atoms with Crippen LogP contribution in [0.1, 0.15) is 19.3 Å². The normalized spacial score (nSPS) is 16.7. The van der Waals surface area contributed by atoms with E-state index in [1.807, 2.05) is 0 Å². The van der Waals surface area contributed by atoms with Crippen molar-refractivity contribution in [2.75, 3.05) is 0 Å². The highest BCUT2D eigenvalue weighted by molar-refractivity contribution is 6.35. The molecule has 3 heteroatoms. The van der Waals surface area contributed by atoms with Gasteiger partial charge in [0.2, 0.25) is 0 Å². The van der Waals surface area contributed by atoms with E-state index in [1.165, 1.54) is 6.42 Å². The summed E-state index contributed by atoms with van der Waals surface area (Å²) in [5.41, 5.74) is 0. The molecule has 1 N–H and O–H groups in total. The lowest BCUT2D eigenvalue weighted by Crippen LogP contribution is -1.94.